The van der Waals surface area contributed by atoms with E-state index in [2.05, 4.69) is 17.1 Å². The molecule has 170 valence electrons. The summed E-state index contributed by atoms with van der Waals surface area (Å²) in [5, 5.41) is 3.39. The zero-order valence-corrected chi connectivity index (χ0v) is 21.3. The van der Waals surface area contributed by atoms with E-state index in [1.165, 1.54) is 6.26 Å². The molecule has 0 unspecified atom stereocenters. The van der Waals surface area contributed by atoms with Crippen LogP contribution in [0.4, 0.5) is 0 Å². The number of halogens is 1. The average molecular weight is 557 g/mol. The fourth-order valence-electron chi connectivity index (χ4n) is 3.50. The van der Waals surface area contributed by atoms with Crippen LogP contribution in [0.2, 0.25) is 0 Å². The first-order chi connectivity index (χ1) is 14.5. The van der Waals surface area contributed by atoms with Crippen molar-refractivity contribution in [3.05, 3.63) is 60.2 Å². The predicted octanol–water partition coefficient (Wildman–Crippen LogP) is 3.76. The summed E-state index contributed by atoms with van der Waals surface area (Å²) in [4.78, 5) is 7.43. The maximum absolute atomic E-state index is 11.6. The molecule has 0 radical (unpaired) electrons. The van der Waals surface area contributed by atoms with E-state index in [1.54, 1.807) is 12.1 Å². The van der Waals surface area contributed by atoms with E-state index in [-0.39, 0.29) is 30.1 Å². The van der Waals surface area contributed by atoms with Gasteiger partial charge in [0.1, 0.15) is 11.9 Å². The molecule has 1 saturated heterocycles. The largest absolute Gasteiger partial charge is 0.490 e. The minimum atomic E-state index is -3.15. The molecule has 1 heterocycles. The van der Waals surface area contributed by atoms with Crippen molar-refractivity contribution in [3.8, 4) is 5.75 Å². The van der Waals surface area contributed by atoms with E-state index in [4.69, 9.17) is 9.73 Å². The Hall–Kier alpha value is -1.81. The molecule has 1 fully saturated rings. The lowest BCUT2D eigenvalue weighted by Gasteiger charge is -2.34. The predicted molar refractivity (Wildman–Crippen MR) is 136 cm³/mol. The molecule has 1 aliphatic rings. The summed E-state index contributed by atoms with van der Waals surface area (Å²) < 4.78 is 29.2. The molecule has 2 aromatic rings. The van der Waals surface area contributed by atoms with Crippen LogP contribution >= 0.6 is 24.0 Å². The van der Waals surface area contributed by atoms with Gasteiger partial charge in [0.05, 0.1) is 4.90 Å². The van der Waals surface area contributed by atoms with Gasteiger partial charge < -0.3 is 15.0 Å². The number of guanidine groups is 1. The van der Waals surface area contributed by atoms with Crippen LogP contribution in [0.5, 0.6) is 5.75 Å². The number of benzene rings is 2. The summed E-state index contributed by atoms with van der Waals surface area (Å²) in [5.74, 6) is 1.86. The van der Waals surface area contributed by atoms with Crippen LogP contribution in [0.3, 0.4) is 0 Å². The summed E-state index contributed by atoms with van der Waals surface area (Å²) in [6.45, 7) is 5.37. The highest BCUT2D eigenvalue weighted by Gasteiger charge is 2.22. The minimum absolute atomic E-state index is 0. The molecule has 31 heavy (non-hydrogen) atoms. The third-order valence-electron chi connectivity index (χ3n) is 5.14. The standard InChI is InChI=1S/C23H31N3O3S.HI/c1-3-24-23(25-16-13-19-9-11-22(12-10-19)30(2,27)28)26-17-14-21(15-18-26)29-20-7-5-4-6-8-20;/h4-12,21H,3,13-18H2,1-2H3,(H,24,25);1H. The molecule has 1 N–H and O–H groups in total. The van der Waals surface area contributed by atoms with Crippen LogP contribution in [0, 0.1) is 0 Å². The number of rotatable bonds is 7. The highest BCUT2D eigenvalue weighted by atomic mass is 127. The maximum atomic E-state index is 11.6. The van der Waals surface area contributed by atoms with Gasteiger partial charge in [-0.1, -0.05) is 30.3 Å². The highest BCUT2D eigenvalue weighted by molar-refractivity contribution is 14.0. The van der Waals surface area contributed by atoms with Gasteiger partial charge in [-0.25, -0.2) is 8.42 Å². The van der Waals surface area contributed by atoms with Crippen molar-refractivity contribution in [2.24, 2.45) is 4.99 Å². The Balaban J connectivity index is 0.00000341. The maximum Gasteiger partial charge on any atom is 0.193 e. The van der Waals surface area contributed by atoms with E-state index in [1.807, 2.05) is 42.5 Å². The van der Waals surface area contributed by atoms with E-state index in [0.29, 0.717) is 11.4 Å². The number of sulfone groups is 1. The quantitative estimate of drug-likeness (QED) is 0.319. The van der Waals surface area contributed by atoms with Gasteiger partial charge in [-0.15, -0.1) is 24.0 Å². The lowest BCUT2D eigenvalue weighted by molar-refractivity contribution is 0.129. The zero-order chi connectivity index (χ0) is 21.4. The summed E-state index contributed by atoms with van der Waals surface area (Å²) >= 11 is 0. The second-order valence-electron chi connectivity index (χ2n) is 7.52. The SMILES string of the molecule is CCNC(=NCCc1ccc(S(C)(=O)=O)cc1)N1CCC(Oc2ccccc2)CC1.I. The van der Waals surface area contributed by atoms with Gasteiger partial charge >= 0.3 is 0 Å². The van der Waals surface area contributed by atoms with Gasteiger partial charge in [-0.3, -0.25) is 4.99 Å². The first kappa shape index (κ1) is 25.5. The van der Waals surface area contributed by atoms with Gasteiger partial charge in [0, 0.05) is 45.3 Å². The molecular weight excluding hydrogens is 525 g/mol. The number of para-hydroxylation sites is 1. The molecule has 0 spiro atoms. The molecule has 3 rings (SSSR count). The van der Waals surface area contributed by atoms with Crippen molar-refractivity contribution in [2.75, 3.05) is 32.4 Å². The molecule has 0 amide bonds. The number of nitrogens with zero attached hydrogens (tertiary/aromatic N) is 2. The molecule has 2 aromatic carbocycles. The normalized spacial score (nSPS) is 15.3. The van der Waals surface area contributed by atoms with Crippen molar-refractivity contribution in [1.82, 2.24) is 10.2 Å². The number of nitrogens with one attached hydrogen (secondary N) is 1. The fourth-order valence-corrected chi connectivity index (χ4v) is 4.13. The summed E-state index contributed by atoms with van der Waals surface area (Å²) in [6, 6.07) is 17.0. The van der Waals surface area contributed by atoms with Gasteiger partial charge in [0.2, 0.25) is 0 Å². The molecule has 0 atom stereocenters. The second-order valence-corrected chi connectivity index (χ2v) is 9.53. The number of hydrogen-bond donors (Lipinski definition) is 1. The van der Waals surface area contributed by atoms with Crippen molar-refractivity contribution in [2.45, 2.75) is 37.2 Å². The van der Waals surface area contributed by atoms with Gasteiger partial charge in [-0.2, -0.15) is 0 Å². The van der Waals surface area contributed by atoms with Gasteiger partial charge in [-0.05, 0) is 43.2 Å². The van der Waals surface area contributed by atoms with Crippen molar-refractivity contribution in [3.63, 3.8) is 0 Å². The third kappa shape index (κ3) is 7.99. The van der Waals surface area contributed by atoms with Crippen molar-refractivity contribution >= 4 is 39.8 Å². The van der Waals surface area contributed by atoms with Gasteiger partial charge in [0.15, 0.2) is 15.8 Å². The molecule has 0 aromatic heterocycles. The van der Waals surface area contributed by atoms with Crippen LogP contribution in [0.1, 0.15) is 25.3 Å². The van der Waals surface area contributed by atoms with Crippen LogP contribution < -0.4 is 10.1 Å². The Morgan fingerprint density at radius 1 is 1.10 bits per heavy atom. The Morgan fingerprint density at radius 3 is 2.32 bits per heavy atom. The molecule has 6 nitrogen and oxygen atoms in total. The lowest BCUT2D eigenvalue weighted by Crippen LogP contribution is -2.47. The Bertz CT molecular complexity index is 926. The average Bonchev–Trinajstić information content (AvgIpc) is 2.74. The number of ether oxygens (including phenoxy) is 1. The molecule has 0 bridgehead atoms. The van der Waals surface area contributed by atoms with Crippen LogP contribution in [-0.4, -0.2) is 57.8 Å². The van der Waals surface area contributed by atoms with E-state index in [9.17, 15) is 8.42 Å². The number of piperidine rings is 1. The van der Waals surface area contributed by atoms with Crippen LogP contribution in [0.25, 0.3) is 0 Å². The third-order valence-corrected chi connectivity index (χ3v) is 6.26. The topological polar surface area (TPSA) is 71.0 Å². The van der Waals surface area contributed by atoms with Gasteiger partial charge in [0.25, 0.3) is 0 Å². The highest BCUT2D eigenvalue weighted by Crippen LogP contribution is 2.19. The molecule has 8 heteroatoms. The monoisotopic (exact) mass is 557 g/mol. The first-order valence-corrected chi connectivity index (χ1v) is 12.4. The number of aliphatic imine (C=N–C) groups is 1. The van der Waals surface area contributed by atoms with E-state index >= 15 is 0 Å². The summed E-state index contributed by atoms with van der Waals surface area (Å²) in [7, 11) is -3.15. The smallest absolute Gasteiger partial charge is 0.193 e. The molecule has 0 aliphatic carbocycles. The first-order valence-electron chi connectivity index (χ1n) is 10.5. The van der Waals surface area contributed by atoms with Crippen LogP contribution in [0.15, 0.2) is 64.5 Å². The number of likely N-dealkylation sites (tertiary alicyclic amines) is 1. The number of hydrogen-bond acceptors (Lipinski definition) is 4. The van der Waals surface area contributed by atoms with Crippen molar-refractivity contribution < 1.29 is 13.2 Å². The lowest BCUT2D eigenvalue weighted by atomic mass is 10.1. The zero-order valence-electron chi connectivity index (χ0n) is 18.2. The summed E-state index contributed by atoms with van der Waals surface area (Å²) in [6.07, 6.45) is 4.16. The summed E-state index contributed by atoms with van der Waals surface area (Å²) in [5.41, 5.74) is 1.08. The Labute approximate surface area is 203 Å². The van der Waals surface area contributed by atoms with Crippen LogP contribution in [-0.2, 0) is 16.3 Å². The fraction of sp³-hybridized carbons (Fsp3) is 0.435. The molecule has 1 aliphatic heterocycles. The minimum Gasteiger partial charge on any atom is -0.490 e. The van der Waals surface area contributed by atoms with E-state index < -0.39 is 9.84 Å². The van der Waals surface area contributed by atoms with Crippen molar-refractivity contribution in [1.29, 1.82) is 0 Å². The second kappa shape index (κ2) is 12.3. The molecule has 0 saturated carbocycles. The van der Waals surface area contributed by atoms with E-state index in [0.717, 1.165) is 56.2 Å². The molecular formula is C23H32IN3O3S. The Morgan fingerprint density at radius 2 is 1.74 bits per heavy atom. The Kier molecular flexibility index (Phi) is 10.1.